The lowest BCUT2D eigenvalue weighted by atomic mass is 10.1. The number of fused-ring (bicyclic) bond motifs is 1. The van der Waals surface area contributed by atoms with Crippen LogP contribution < -0.4 is 11.1 Å². The Morgan fingerprint density at radius 2 is 2.18 bits per heavy atom. The summed E-state index contributed by atoms with van der Waals surface area (Å²) in [6, 6.07) is 6.68. The minimum atomic E-state index is 0.548. The van der Waals surface area contributed by atoms with Gasteiger partial charge in [-0.25, -0.2) is 4.99 Å². The predicted molar refractivity (Wildman–Crippen MR) is 72.1 cm³/mol. The van der Waals surface area contributed by atoms with E-state index in [4.69, 9.17) is 5.73 Å². The number of aryl methyl sites for hydroxylation is 2. The second kappa shape index (κ2) is 5.71. The maximum absolute atomic E-state index is 5.76. The molecule has 0 amide bonds. The van der Waals surface area contributed by atoms with Crippen LogP contribution >= 0.6 is 0 Å². The summed E-state index contributed by atoms with van der Waals surface area (Å²) >= 11 is 0. The maximum Gasteiger partial charge on any atom is 0.188 e. The van der Waals surface area contributed by atoms with Crippen LogP contribution in [0.1, 0.15) is 36.5 Å². The van der Waals surface area contributed by atoms with Crippen molar-refractivity contribution in [1.29, 1.82) is 0 Å². The van der Waals surface area contributed by atoms with E-state index in [1.165, 1.54) is 36.0 Å². The molecule has 0 unspecified atom stereocenters. The predicted octanol–water partition coefficient (Wildman–Crippen LogP) is 1.99. The normalized spacial score (nSPS) is 14.8. The Morgan fingerprint density at radius 3 is 3.00 bits per heavy atom. The van der Waals surface area contributed by atoms with Crippen LogP contribution in [0.25, 0.3) is 0 Å². The summed E-state index contributed by atoms with van der Waals surface area (Å²) < 4.78 is 0. The molecule has 17 heavy (non-hydrogen) atoms. The lowest BCUT2D eigenvalue weighted by Gasteiger charge is -2.05. The zero-order chi connectivity index (χ0) is 12.1. The Labute approximate surface area is 103 Å². The molecular weight excluding hydrogens is 210 g/mol. The average Bonchev–Trinajstić information content (AvgIpc) is 2.81. The summed E-state index contributed by atoms with van der Waals surface area (Å²) in [5.41, 5.74) is 10.0. The van der Waals surface area contributed by atoms with E-state index >= 15 is 0 Å². The van der Waals surface area contributed by atoms with E-state index in [1.807, 2.05) is 0 Å². The van der Waals surface area contributed by atoms with Gasteiger partial charge in [0.2, 0.25) is 0 Å². The van der Waals surface area contributed by atoms with Gasteiger partial charge in [0, 0.05) is 6.54 Å². The molecule has 0 radical (unpaired) electrons. The van der Waals surface area contributed by atoms with Gasteiger partial charge in [0.15, 0.2) is 5.96 Å². The molecule has 1 aromatic carbocycles. The topological polar surface area (TPSA) is 50.4 Å². The van der Waals surface area contributed by atoms with Crippen molar-refractivity contribution in [2.75, 3.05) is 6.54 Å². The fourth-order valence-corrected chi connectivity index (χ4v) is 2.21. The fourth-order valence-electron chi connectivity index (χ4n) is 2.21. The van der Waals surface area contributed by atoms with Gasteiger partial charge in [0.25, 0.3) is 0 Å². The van der Waals surface area contributed by atoms with Gasteiger partial charge in [-0.2, -0.15) is 0 Å². The lowest BCUT2D eigenvalue weighted by molar-refractivity contribution is 0.825. The quantitative estimate of drug-likeness (QED) is 0.615. The van der Waals surface area contributed by atoms with Gasteiger partial charge in [0.05, 0.1) is 6.54 Å². The van der Waals surface area contributed by atoms with Gasteiger partial charge in [-0.05, 0) is 42.4 Å². The molecule has 0 saturated heterocycles. The average molecular weight is 231 g/mol. The summed E-state index contributed by atoms with van der Waals surface area (Å²) in [5, 5.41) is 3.08. The third kappa shape index (κ3) is 3.22. The van der Waals surface area contributed by atoms with Crippen molar-refractivity contribution in [2.45, 2.75) is 39.2 Å². The van der Waals surface area contributed by atoms with Crippen molar-refractivity contribution in [2.24, 2.45) is 10.7 Å². The molecule has 3 nitrogen and oxygen atoms in total. The van der Waals surface area contributed by atoms with E-state index in [2.05, 4.69) is 35.4 Å². The third-order valence-corrected chi connectivity index (χ3v) is 3.15. The van der Waals surface area contributed by atoms with Crippen molar-refractivity contribution in [3.8, 4) is 0 Å². The number of hydrogen-bond acceptors (Lipinski definition) is 1. The number of guanidine groups is 1. The van der Waals surface area contributed by atoms with Crippen molar-refractivity contribution in [3.05, 3.63) is 34.9 Å². The second-order valence-corrected chi connectivity index (χ2v) is 4.58. The van der Waals surface area contributed by atoms with Crippen LogP contribution in [-0.4, -0.2) is 12.5 Å². The Balaban J connectivity index is 1.95. The first kappa shape index (κ1) is 12.0. The molecule has 1 aliphatic rings. The van der Waals surface area contributed by atoms with Gasteiger partial charge in [-0.1, -0.05) is 25.1 Å². The minimum absolute atomic E-state index is 0.548. The molecule has 0 fully saturated rings. The number of hydrogen-bond donors (Lipinski definition) is 2. The van der Waals surface area contributed by atoms with E-state index in [9.17, 15) is 0 Å². The van der Waals surface area contributed by atoms with Crippen LogP contribution in [0.15, 0.2) is 23.2 Å². The summed E-state index contributed by atoms with van der Waals surface area (Å²) in [7, 11) is 0. The highest BCUT2D eigenvalue weighted by molar-refractivity contribution is 5.77. The van der Waals surface area contributed by atoms with Gasteiger partial charge in [-0.15, -0.1) is 0 Å². The van der Waals surface area contributed by atoms with Crippen LogP contribution in [0.2, 0.25) is 0 Å². The standard InChI is InChI=1S/C14H21N3/c1-2-8-16-14(15)17-10-11-6-7-12-4-3-5-13(12)9-11/h6-7,9H,2-5,8,10H2,1H3,(H3,15,16,17). The summed E-state index contributed by atoms with van der Waals surface area (Å²) in [4.78, 5) is 4.34. The molecule has 0 spiro atoms. The first-order chi connectivity index (χ1) is 8.29. The number of rotatable bonds is 4. The molecule has 92 valence electrons. The Morgan fingerprint density at radius 1 is 1.35 bits per heavy atom. The highest BCUT2D eigenvalue weighted by Crippen LogP contribution is 2.22. The van der Waals surface area contributed by atoms with E-state index in [-0.39, 0.29) is 0 Å². The lowest BCUT2D eigenvalue weighted by Crippen LogP contribution is -2.32. The maximum atomic E-state index is 5.76. The number of nitrogens with one attached hydrogen (secondary N) is 1. The Hall–Kier alpha value is -1.51. The molecule has 0 aliphatic heterocycles. The Bertz CT molecular complexity index is 410. The van der Waals surface area contributed by atoms with Crippen LogP contribution in [0.4, 0.5) is 0 Å². The Kier molecular flexibility index (Phi) is 4.02. The number of nitrogens with two attached hydrogens (primary N) is 1. The van der Waals surface area contributed by atoms with Gasteiger partial charge in [-0.3, -0.25) is 0 Å². The molecule has 0 saturated carbocycles. The molecule has 1 aliphatic carbocycles. The third-order valence-electron chi connectivity index (χ3n) is 3.15. The highest BCUT2D eigenvalue weighted by Gasteiger charge is 2.10. The molecule has 0 heterocycles. The van der Waals surface area contributed by atoms with E-state index in [0.29, 0.717) is 12.5 Å². The fraction of sp³-hybridized carbons (Fsp3) is 0.500. The molecule has 0 bridgehead atoms. The minimum Gasteiger partial charge on any atom is -0.370 e. The van der Waals surface area contributed by atoms with Crippen LogP contribution in [0, 0.1) is 0 Å². The largest absolute Gasteiger partial charge is 0.370 e. The zero-order valence-electron chi connectivity index (χ0n) is 10.5. The smallest absolute Gasteiger partial charge is 0.188 e. The second-order valence-electron chi connectivity index (χ2n) is 4.58. The van der Waals surface area contributed by atoms with Crippen molar-refractivity contribution < 1.29 is 0 Å². The van der Waals surface area contributed by atoms with Crippen molar-refractivity contribution in [3.63, 3.8) is 0 Å². The van der Waals surface area contributed by atoms with Crippen LogP contribution in [0.3, 0.4) is 0 Å². The number of nitrogens with zero attached hydrogens (tertiary/aromatic N) is 1. The molecule has 3 heteroatoms. The first-order valence-corrected chi connectivity index (χ1v) is 6.44. The molecular formula is C14H21N3. The van der Waals surface area contributed by atoms with Crippen LogP contribution in [-0.2, 0) is 19.4 Å². The van der Waals surface area contributed by atoms with Gasteiger partial charge < -0.3 is 11.1 Å². The van der Waals surface area contributed by atoms with Crippen LogP contribution in [0.5, 0.6) is 0 Å². The number of benzene rings is 1. The molecule has 0 aromatic heterocycles. The number of aliphatic imine (C=N–C) groups is 1. The molecule has 2 rings (SSSR count). The zero-order valence-corrected chi connectivity index (χ0v) is 10.5. The van der Waals surface area contributed by atoms with Gasteiger partial charge in [0.1, 0.15) is 0 Å². The van der Waals surface area contributed by atoms with E-state index in [1.54, 1.807) is 0 Å². The molecule has 1 aromatic rings. The van der Waals surface area contributed by atoms with E-state index < -0.39 is 0 Å². The molecule has 0 atom stereocenters. The first-order valence-electron chi connectivity index (χ1n) is 6.44. The summed E-state index contributed by atoms with van der Waals surface area (Å²) in [6.45, 7) is 3.68. The van der Waals surface area contributed by atoms with Gasteiger partial charge >= 0.3 is 0 Å². The van der Waals surface area contributed by atoms with E-state index in [0.717, 1.165) is 13.0 Å². The van der Waals surface area contributed by atoms with Crippen molar-refractivity contribution >= 4 is 5.96 Å². The summed E-state index contributed by atoms with van der Waals surface area (Å²) in [5.74, 6) is 0.548. The summed E-state index contributed by atoms with van der Waals surface area (Å²) in [6.07, 6.45) is 4.81. The SMILES string of the molecule is CCCNC(N)=NCc1ccc2c(c1)CCC2. The highest BCUT2D eigenvalue weighted by atomic mass is 15.1. The monoisotopic (exact) mass is 231 g/mol. The van der Waals surface area contributed by atoms with Crippen molar-refractivity contribution in [1.82, 2.24) is 5.32 Å². The molecule has 3 N–H and O–H groups in total.